The van der Waals surface area contributed by atoms with E-state index in [0.717, 1.165) is 22.4 Å². The zero-order chi connectivity index (χ0) is 25.9. The number of hydrogen-bond acceptors (Lipinski definition) is 6. The molecule has 0 N–H and O–H groups in total. The normalized spacial score (nSPS) is 11.2. The summed E-state index contributed by atoms with van der Waals surface area (Å²) in [6, 6.07) is 23.0. The van der Waals surface area contributed by atoms with E-state index in [4.69, 9.17) is 37.1 Å². The summed E-state index contributed by atoms with van der Waals surface area (Å²) in [5.41, 5.74) is 4.92. The fourth-order valence-corrected chi connectivity index (χ4v) is 4.06. The second-order valence-electron chi connectivity index (χ2n) is 8.17. The van der Waals surface area contributed by atoms with Crippen molar-refractivity contribution in [3.8, 4) is 23.0 Å². The van der Waals surface area contributed by atoms with Gasteiger partial charge in [0, 0.05) is 16.8 Å². The van der Waals surface area contributed by atoms with Crippen LogP contribution in [0.5, 0.6) is 11.5 Å². The first-order valence-corrected chi connectivity index (χ1v) is 12.0. The van der Waals surface area contributed by atoms with E-state index >= 15 is 0 Å². The van der Waals surface area contributed by atoms with Crippen LogP contribution in [0.4, 0.5) is 5.69 Å². The number of nitrogens with zero attached hydrogens (tertiary/aromatic N) is 2. The minimum absolute atomic E-state index is 0.272. The van der Waals surface area contributed by atoms with Crippen molar-refractivity contribution in [2.45, 2.75) is 6.92 Å². The van der Waals surface area contributed by atoms with Crippen LogP contribution in [-0.2, 0) is 0 Å². The maximum absolute atomic E-state index is 12.6. The molecule has 5 aromatic rings. The third-order valence-corrected chi connectivity index (χ3v) is 6.21. The molecule has 1 heterocycles. The van der Waals surface area contributed by atoms with Crippen LogP contribution in [0.3, 0.4) is 0 Å². The standard InChI is InChI=1S/C29H20Cl2N2O4/c1-17-7-9-19(28-33-24-15-20(30)10-12-25(24)36-28)14-23(17)32-16-18-8-11-26(27(13-18)35-2)37-29(34)21-5-3-4-6-22(21)31/h3-16H,1-2H3. The molecule has 0 amide bonds. The van der Waals surface area contributed by atoms with Crippen molar-refractivity contribution in [2.24, 2.45) is 4.99 Å². The van der Waals surface area contributed by atoms with Crippen molar-refractivity contribution in [2.75, 3.05) is 7.11 Å². The number of fused-ring (bicyclic) bond motifs is 1. The Labute approximate surface area is 223 Å². The summed E-state index contributed by atoms with van der Waals surface area (Å²) in [5.74, 6) is 0.582. The van der Waals surface area contributed by atoms with Gasteiger partial charge in [-0.25, -0.2) is 9.78 Å². The van der Waals surface area contributed by atoms with Crippen molar-refractivity contribution in [3.63, 3.8) is 0 Å². The van der Waals surface area contributed by atoms with Gasteiger partial charge in [0.1, 0.15) is 5.52 Å². The Balaban J connectivity index is 1.38. The molecule has 0 aliphatic heterocycles. The Hall–Kier alpha value is -4.13. The van der Waals surface area contributed by atoms with Crippen LogP contribution in [-0.4, -0.2) is 24.3 Å². The van der Waals surface area contributed by atoms with Gasteiger partial charge in [-0.1, -0.05) is 41.4 Å². The molecule has 8 heteroatoms. The Morgan fingerprint density at radius 3 is 2.62 bits per heavy atom. The topological polar surface area (TPSA) is 73.9 Å². The van der Waals surface area contributed by atoms with E-state index in [1.165, 1.54) is 7.11 Å². The van der Waals surface area contributed by atoms with Crippen molar-refractivity contribution < 1.29 is 18.7 Å². The number of benzene rings is 4. The molecule has 5 rings (SSSR count). The quantitative estimate of drug-likeness (QED) is 0.126. The Kier molecular flexibility index (Phi) is 6.95. The number of ether oxygens (including phenoxy) is 2. The number of halogens is 2. The lowest BCUT2D eigenvalue weighted by molar-refractivity contribution is 0.0730. The van der Waals surface area contributed by atoms with E-state index in [9.17, 15) is 4.79 Å². The third kappa shape index (κ3) is 5.35. The number of hydrogen-bond donors (Lipinski definition) is 0. The summed E-state index contributed by atoms with van der Waals surface area (Å²) in [6.45, 7) is 1.97. The Bertz CT molecular complexity index is 1660. The number of esters is 1. The molecule has 0 atom stereocenters. The highest BCUT2D eigenvalue weighted by atomic mass is 35.5. The second-order valence-corrected chi connectivity index (χ2v) is 9.01. The highest BCUT2D eigenvalue weighted by Gasteiger charge is 2.15. The lowest BCUT2D eigenvalue weighted by Gasteiger charge is -2.10. The molecule has 0 unspecified atom stereocenters. The van der Waals surface area contributed by atoms with E-state index in [2.05, 4.69) is 9.98 Å². The largest absolute Gasteiger partial charge is 0.493 e. The molecule has 0 bridgehead atoms. The molecule has 0 fully saturated rings. The van der Waals surface area contributed by atoms with Crippen LogP contribution < -0.4 is 9.47 Å². The first-order chi connectivity index (χ1) is 17.9. The second kappa shape index (κ2) is 10.5. The molecule has 1 aromatic heterocycles. The molecule has 0 spiro atoms. The van der Waals surface area contributed by atoms with Gasteiger partial charge in [-0.3, -0.25) is 4.99 Å². The average molecular weight is 531 g/mol. The summed E-state index contributed by atoms with van der Waals surface area (Å²) in [5, 5.41) is 0.913. The highest BCUT2D eigenvalue weighted by molar-refractivity contribution is 6.33. The van der Waals surface area contributed by atoms with Gasteiger partial charge < -0.3 is 13.9 Å². The van der Waals surface area contributed by atoms with Gasteiger partial charge in [0.2, 0.25) is 5.89 Å². The van der Waals surface area contributed by atoms with Crippen LogP contribution in [0.15, 0.2) is 88.3 Å². The van der Waals surface area contributed by atoms with E-state index in [1.807, 2.05) is 25.1 Å². The van der Waals surface area contributed by atoms with Crippen LogP contribution in [0, 0.1) is 6.92 Å². The van der Waals surface area contributed by atoms with Crippen molar-refractivity contribution in [1.29, 1.82) is 0 Å². The van der Waals surface area contributed by atoms with E-state index < -0.39 is 5.97 Å². The van der Waals surface area contributed by atoms with Gasteiger partial charge in [-0.05, 0) is 78.7 Å². The number of aromatic nitrogens is 1. The predicted octanol–water partition coefficient (Wildman–Crippen LogP) is 8.09. The van der Waals surface area contributed by atoms with E-state index in [1.54, 1.807) is 66.9 Å². The zero-order valence-electron chi connectivity index (χ0n) is 19.9. The first-order valence-electron chi connectivity index (χ1n) is 11.3. The summed E-state index contributed by atoms with van der Waals surface area (Å²) < 4.78 is 16.9. The lowest BCUT2D eigenvalue weighted by Crippen LogP contribution is -2.10. The maximum atomic E-state index is 12.6. The van der Waals surface area contributed by atoms with E-state index in [-0.39, 0.29) is 11.3 Å². The summed E-state index contributed by atoms with van der Waals surface area (Å²) in [7, 11) is 1.50. The molecule has 0 radical (unpaired) electrons. The number of carbonyl (C=O) groups excluding carboxylic acids is 1. The minimum atomic E-state index is -0.570. The van der Waals surface area contributed by atoms with Gasteiger partial charge in [0.15, 0.2) is 17.1 Å². The van der Waals surface area contributed by atoms with Gasteiger partial charge >= 0.3 is 5.97 Å². The fraction of sp³-hybridized carbons (Fsp3) is 0.0690. The van der Waals surface area contributed by atoms with Crippen molar-refractivity contribution in [3.05, 3.63) is 106 Å². The molecular weight excluding hydrogens is 511 g/mol. The van der Waals surface area contributed by atoms with Gasteiger partial charge in [0.25, 0.3) is 0 Å². The Morgan fingerprint density at radius 1 is 0.973 bits per heavy atom. The summed E-state index contributed by atoms with van der Waals surface area (Å²) in [6.07, 6.45) is 1.71. The molecule has 184 valence electrons. The number of methoxy groups -OCH3 is 1. The molecule has 6 nitrogen and oxygen atoms in total. The third-order valence-electron chi connectivity index (χ3n) is 5.64. The first kappa shape index (κ1) is 24.6. The van der Waals surface area contributed by atoms with E-state index in [0.29, 0.717) is 32.8 Å². The smallest absolute Gasteiger partial charge is 0.345 e. The van der Waals surface area contributed by atoms with Crippen LogP contribution >= 0.6 is 23.2 Å². The van der Waals surface area contributed by atoms with Crippen LogP contribution in [0.2, 0.25) is 10.0 Å². The SMILES string of the molecule is COc1cc(C=Nc2cc(-c3nc4cc(Cl)ccc4o3)ccc2C)ccc1OC(=O)c1ccccc1Cl. The number of rotatable bonds is 6. The Morgan fingerprint density at radius 2 is 1.81 bits per heavy atom. The summed E-state index contributed by atoms with van der Waals surface area (Å²) >= 11 is 12.2. The van der Waals surface area contributed by atoms with Crippen molar-refractivity contribution in [1.82, 2.24) is 4.98 Å². The summed E-state index contributed by atoms with van der Waals surface area (Å²) in [4.78, 5) is 21.8. The number of aryl methyl sites for hydroxylation is 1. The lowest BCUT2D eigenvalue weighted by atomic mass is 10.1. The molecule has 0 aliphatic rings. The van der Waals surface area contributed by atoms with Gasteiger partial charge in [-0.15, -0.1) is 0 Å². The van der Waals surface area contributed by atoms with Crippen LogP contribution in [0.25, 0.3) is 22.6 Å². The maximum Gasteiger partial charge on any atom is 0.345 e. The number of oxazole rings is 1. The van der Waals surface area contributed by atoms with Gasteiger partial charge in [0.05, 0.1) is 23.4 Å². The molecule has 37 heavy (non-hydrogen) atoms. The molecular formula is C29H20Cl2N2O4. The average Bonchev–Trinajstić information content (AvgIpc) is 3.32. The predicted molar refractivity (Wildman–Crippen MR) is 146 cm³/mol. The fourth-order valence-electron chi connectivity index (χ4n) is 3.68. The molecule has 4 aromatic carbocycles. The highest BCUT2D eigenvalue weighted by Crippen LogP contribution is 2.32. The monoisotopic (exact) mass is 530 g/mol. The van der Waals surface area contributed by atoms with Crippen molar-refractivity contribution >= 4 is 52.2 Å². The number of carbonyl (C=O) groups is 1. The molecule has 0 saturated carbocycles. The van der Waals surface area contributed by atoms with Gasteiger partial charge in [-0.2, -0.15) is 0 Å². The zero-order valence-corrected chi connectivity index (χ0v) is 21.4. The number of aliphatic imine (C=N–C) groups is 1. The molecule has 0 aliphatic carbocycles. The van der Waals surface area contributed by atoms with Crippen LogP contribution in [0.1, 0.15) is 21.5 Å². The minimum Gasteiger partial charge on any atom is -0.493 e. The molecule has 0 saturated heterocycles.